The van der Waals surface area contributed by atoms with Crippen LogP contribution in [-0.2, 0) is 10.0 Å². The molecule has 0 amide bonds. The quantitative estimate of drug-likeness (QED) is 0.574. The highest BCUT2D eigenvalue weighted by Gasteiger charge is 2.16. The first-order valence-electron chi connectivity index (χ1n) is 6.02. The Bertz CT molecular complexity index is 529. The van der Waals surface area contributed by atoms with E-state index in [9.17, 15) is 13.5 Å². The summed E-state index contributed by atoms with van der Waals surface area (Å²) in [5, 5.41) is 12.4. The van der Waals surface area contributed by atoms with Gasteiger partial charge in [-0.3, -0.25) is 0 Å². The van der Waals surface area contributed by atoms with Crippen molar-refractivity contribution in [1.29, 1.82) is 0 Å². The first-order chi connectivity index (χ1) is 8.81. The van der Waals surface area contributed by atoms with Crippen LogP contribution >= 0.6 is 0 Å². The number of rotatable bonds is 6. The smallest absolute Gasteiger partial charge is 0.240 e. The van der Waals surface area contributed by atoms with E-state index in [0.717, 1.165) is 0 Å². The molecule has 1 atom stereocenters. The Morgan fingerprint density at radius 2 is 2.00 bits per heavy atom. The van der Waals surface area contributed by atoms with Crippen molar-refractivity contribution in [2.24, 2.45) is 5.92 Å². The van der Waals surface area contributed by atoms with Gasteiger partial charge in [-0.2, -0.15) is 0 Å². The lowest BCUT2D eigenvalue weighted by molar-refractivity contribution is 0.249. The van der Waals surface area contributed by atoms with Gasteiger partial charge in [-0.15, -0.1) is 0 Å². The maximum absolute atomic E-state index is 11.7. The van der Waals surface area contributed by atoms with Gasteiger partial charge >= 0.3 is 0 Å². The molecule has 0 fully saturated rings. The van der Waals surface area contributed by atoms with Crippen molar-refractivity contribution in [3.63, 3.8) is 0 Å². The molecule has 6 nitrogen and oxygen atoms in total. The van der Waals surface area contributed by atoms with Gasteiger partial charge in [-0.1, -0.05) is 13.8 Å². The van der Waals surface area contributed by atoms with Gasteiger partial charge in [0.25, 0.3) is 0 Å². The van der Waals surface area contributed by atoms with Crippen molar-refractivity contribution < 1.29 is 13.5 Å². The van der Waals surface area contributed by atoms with Crippen LogP contribution in [0.3, 0.4) is 0 Å². The maximum Gasteiger partial charge on any atom is 0.240 e. The molecule has 1 rings (SSSR count). The summed E-state index contributed by atoms with van der Waals surface area (Å²) < 4.78 is 25.7. The first-order valence-corrected chi connectivity index (χ1v) is 7.50. The lowest BCUT2D eigenvalue weighted by atomic mass is 10.0. The molecule has 0 saturated heterocycles. The lowest BCUT2D eigenvalue weighted by Crippen LogP contribution is -2.30. The van der Waals surface area contributed by atoms with E-state index in [1.165, 1.54) is 25.2 Å². The molecule has 19 heavy (non-hydrogen) atoms. The number of hydrogen-bond donors (Lipinski definition) is 4. The summed E-state index contributed by atoms with van der Waals surface area (Å²) in [6.07, 6.45) is 0. The van der Waals surface area contributed by atoms with E-state index >= 15 is 0 Å². The minimum atomic E-state index is -3.51. The Labute approximate surface area is 114 Å². The number of nitrogens with two attached hydrogens (primary N) is 1. The Balaban J connectivity index is 3.11. The fourth-order valence-electron chi connectivity index (χ4n) is 1.57. The maximum atomic E-state index is 11.7. The molecule has 0 unspecified atom stereocenters. The highest BCUT2D eigenvalue weighted by atomic mass is 32.2. The predicted octanol–water partition coefficient (Wildman–Crippen LogP) is 0.606. The second-order valence-electron chi connectivity index (χ2n) is 4.63. The molecule has 7 heteroatoms. The second-order valence-corrected chi connectivity index (χ2v) is 6.52. The van der Waals surface area contributed by atoms with E-state index in [2.05, 4.69) is 10.0 Å². The van der Waals surface area contributed by atoms with Gasteiger partial charge in [0.2, 0.25) is 10.0 Å². The summed E-state index contributed by atoms with van der Waals surface area (Å²) in [5.74, 6) is 0.189. The summed E-state index contributed by atoms with van der Waals surface area (Å²) in [6, 6.07) is 4.25. The van der Waals surface area contributed by atoms with E-state index in [1.807, 2.05) is 13.8 Å². The second kappa shape index (κ2) is 6.23. The monoisotopic (exact) mass is 287 g/mol. The predicted molar refractivity (Wildman–Crippen MR) is 76.4 cm³/mol. The van der Waals surface area contributed by atoms with Gasteiger partial charge in [0.15, 0.2) is 0 Å². The highest BCUT2D eigenvalue weighted by molar-refractivity contribution is 7.89. The fraction of sp³-hybridized carbons (Fsp3) is 0.500. The molecule has 1 aromatic carbocycles. The molecule has 0 aliphatic carbocycles. The third-order valence-corrected chi connectivity index (χ3v) is 4.36. The van der Waals surface area contributed by atoms with Crippen LogP contribution in [0.1, 0.15) is 13.8 Å². The molecule has 5 N–H and O–H groups in total. The zero-order valence-corrected chi connectivity index (χ0v) is 12.2. The Hall–Kier alpha value is -1.31. The largest absolute Gasteiger partial charge is 0.397 e. The summed E-state index contributed by atoms with van der Waals surface area (Å²) in [4.78, 5) is 0.132. The number of aliphatic hydroxyl groups is 1. The zero-order chi connectivity index (χ0) is 14.6. The van der Waals surface area contributed by atoms with E-state index in [1.54, 1.807) is 0 Å². The number of benzene rings is 1. The molecular formula is C12H21N3O3S. The van der Waals surface area contributed by atoms with E-state index < -0.39 is 10.0 Å². The number of nitrogen functional groups attached to an aromatic ring is 1. The number of sulfonamides is 1. The van der Waals surface area contributed by atoms with Crippen molar-refractivity contribution in [3.05, 3.63) is 18.2 Å². The normalized spacial score (nSPS) is 13.5. The molecular weight excluding hydrogens is 266 g/mol. The van der Waals surface area contributed by atoms with E-state index in [0.29, 0.717) is 11.4 Å². The van der Waals surface area contributed by atoms with Crippen molar-refractivity contribution in [2.45, 2.75) is 24.8 Å². The van der Waals surface area contributed by atoms with Gasteiger partial charge in [0.1, 0.15) is 0 Å². The van der Waals surface area contributed by atoms with Gasteiger partial charge in [-0.05, 0) is 31.2 Å². The average Bonchev–Trinajstić information content (AvgIpc) is 2.37. The average molecular weight is 287 g/mol. The van der Waals surface area contributed by atoms with Crippen LogP contribution in [0.15, 0.2) is 23.1 Å². The number of anilines is 2. The third kappa shape index (κ3) is 3.82. The molecule has 0 aliphatic heterocycles. The molecule has 0 bridgehead atoms. The van der Waals surface area contributed by atoms with Crippen molar-refractivity contribution in [2.75, 3.05) is 24.7 Å². The zero-order valence-electron chi connectivity index (χ0n) is 11.3. The third-order valence-electron chi connectivity index (χ3n) is 2.95. The Morgan fingerprint density at radius 1 is 1.37 bits per heavy atom. The SMILES string of the molecule is CNS(=O)(=O)c1ccc(N)c(N[C@H](CO)C(C)C)c1. The first kappa shape index (κ1) is 15.7. The molecule has 0 radical (unpaired) electrons. The number of aliphatic hydroxyl groups excluding tert-OH is 1. The Kier molecular flexibility index (Phi) is 5.16. The van der Waals surface area contributed by atoms with Crippen molar-refractivity contribution >= 4 is 21.4 Å². The van der Waals surface area contributed by atoms with E-state index in [-0.39, 0.29) is 23.5 Å². The number of nitrogens with one attached hydrogen (secondary N) is 2. The molecule has 0 aliphatic rings. The molecule has 0 aromatic heterocycles. The fourth-order valence-corrected chi connectivity index (χ4v) is 2.32. The Morgan fingerprint density at radius 3 is 2.47 bits per heavy atom. The molecule has 108 valence electrons. The van der Waals surface area contributed by atoms with Crippen LogP contribution in [0.2, 0.25) is 0 Å². The van der Waals surface area contributed by atoms with Crippen LogP contribution in [0.4, 0.5) is 11.4 Å². The van der Waals surface area contributed by atoms with Crippen molar-refractivity contribution in [3.8, 4) is 0 Å². The number of hydrogen-bond acceptors (Lipinski definition) is 5. The topological polar surface area (TPSA) is 104 Å². The van der Waals surface area contributed by atoms with Gasteiger partial charge in [-0.25, -0.2) is 13.1 Å². The van der Waals surface area contributed by atoms with Crippen LogP contribution in [0.5, 0.6) is 0 Å². The summed E-state index contributed by atoms with van der Waals surface area (Å²) >= 11 is 0. The minimum Gasteiger partial charge on any atom is -0.397 e. The summed E-state index contributed by atoms with van der Waals surface area (Å²) in [5.41, 5.74) is 6.76. The molecule has 0 saturated carbocycles. The van der Waals surface area contributed by atoms with Crippen LogP contribution in [0, 0.1) is 5.92 Å². The minimum absolute atomic E-state index is 0.0554. The van der Waals surface area contributed by atoms with E-state index in [4.69, 9.17) is 5.73 Å². The van der Waals surface area contributed by atoms with Gasteiger partial charge < -0.3 is 16.2 Å². The van der Waals surface area contributed by atoms with Crippen LogP contribution < -0.4 is 15.8 Å². The van der Waals surface area contributed by atoms with Crippen molar-refractivity contribution in [1.82, 2.24) is 4.72 Å². The molecule has 1 aromatic rings. The van der Waals surface area contributed by atoms with Gasteiger partial charge in [0.05, 0.1) is 28.9 Å². The standard InChI is InChI=1S/C12H21N3O3S/c1-8(2)12(7-16)15-11-6-9(4-5-10(11)13)19(17,18)14-3/h4-6,8,12,14-16H,7,13H2,1-3H3/t12-/m1/s1. The summed E-state index contributed by atoms with van der Waals surface area (Å²) in [6.45, 7) is 3.86. The van der Waals surface area contributed by atoms with Crippen LogP contribution in [-0.4, -0.2) is 33.2 Å². The molecule has 0 heterocycles. The van der Waals surface area contributed by atoms with Gasteiger partial charge in [0, 0.05) is 0 Å². The highest BCUT2D eigenvalue weighted by Crippen LogP contribution is 2.24. The summed E-state index contributed by atoms with van der Waals surface area (Å²) in [7, 11) is -2.16. The lowest BCUT2D eigenvalue weighted by Gasteiger charge is -2.22. The molecule has 0 spiro atoms. The van der Waals surface area contributed by atoms with Crippen LogP contribution in [0.25, 0.3) is 0 Å².